The van der Waals surface area contributed by atoms with Crippen molar-refractivity contribution in [1.82, 2.24) is 4.90 Å². The van der Waals surface area contributed by atoms with Gasteiger partial charge in [0.05, 0.1) is 6.04 Å². The van der Waals surface area contributed by atoms with Crippen molar-refractivity contribution in [3.63, 3.8) is 0 Å². The monoisotopic (exact) mass is 239 g/mol. The number of ketones is 2. The van der Waals surface area contributed by atoms with E-state index in [2.05, 4.69) is 0 Å². The summed E-state index contributed by atoms with van der Waals surface area (Å²) < 4.78 is 0. The first-order valence-electron chi connectivity index (χ1n) is 5.96. The van der Waals surface area contributed by atoms with E-state index in [9.17, 15) is 14.4 Å². The van der Waals surface area contributed by atoms with E-state index in [-0.39, 0.29) is 23.4 Å². The maximum atomic E-state index is 12.2. The third kappa shape index (κ3) is 2.93. The van der Waals surface area contributed by atoms with Crippen LogP contribution in [-0.2, 0) is 14.4 Å². The van der Waals surface area contributed by atoms with Gasteiger partial charge >= 0.3 is 0 Å². The van der Waals surface area contributed by atoms with Gasteiger partial charge in [0.1, 0.15) is 5.78 Å². The highest BCUT2D eigenvalue weighted by Crippen LogP contribution is 2.30. The van der Waals surface area contributed by atoms with Crippen molar-refractivity contribution in [2.75, 3.05) is 6.54 Å². The smallest absolute Gasteiger partial charge is 0.220 e. The summed E-state index contributed by atoms with van der Waals surface area (Å²) in [6, 6.07) is -0.413. The van der Waals surface area contributed by atoms with Gasteiger partial charge in [-0.1, -0.05) is 20.8 Å². The highest BCUT2D eigenvalue weighted by Gasteiger charge is 2.42. The third-order valence-electron chi connectivity index (χ3n) is 3.28. The van der Waals surface area contributed by atoms with Crippen LogP contribution in [0.2, 0.25) is 0 Å². The zero-order chi connectivity index (χ0) is 13.4. The van der Waals surface area contributed by atoms with Gasteiger partial charge in [0.25, 0.3) is 0 Å². The Balaban J connectivity index is 2.87. The molecule has 1 rings (SSSR count). The van der Waals surface area contributed by atoms with Gasteiger partial charge in [-0.2, -0.15) is 0 Å². The summed E-state index contributed by atoms with van der Waals surface area (Å²) in [6.07, 6.45) is 0.477. The molecule has 1 heterocycles. The molecule has 0 aromatic rings. The lowest BCUT2D eigenvalue weighted by Gasteiger charge is -2.22. The van der Waals surface area contributed by atoms with Crippen molar-refractivity contribution in [3.05, 3.63) is 0 Å². The second-order valence-corrected chi connectivity index (χ2v) is 5.84. The van der Waals surface area contributed by atoms with E-state index >= 15 is 0 Å². The predicted molar refractivity (Wildman–Crippen MR) is 64.4 cm³/mol. The summed E-state index contributed by atoms with van der Waals surface area (Å²) in [7, 11) is 0. The number of rotatable bonds is 2. The van der Waals surface area contributed by atoms with Gasteiger partial charge in [0.15, 0.2) is 5.78 Å². The molecule has 0 saturated carbocycles. The van der Waals surface area contributed by atoms with Crippen LogP contribution in [0.4, 0.5) is 0 Å². The van der Waals surface area contributed by atoms with Crippen LogP contribution in [0.5, 0.6) is 0 Å². The zero-order valence-corrected chi connectivity index (χ0v) is 11.2. The molecule has 1 aliphatic heterocycles. The molecule has 0 aliphatic carbocycles. The number of nitrogens with zero attached hydrogens (tertiary/aromatic N) is 1. The first-order valence-corrected chi connectivity index (χ1v) is 5.96. The minimum atomic E-state index is -0.418. The van der Waals surface area contributed by atoms with Crippen LogP contribution in [0, 0.1) is 11.3 Å². The topological polar surface area (TPSA) is 54.5 Å². The van der Waals surface area contributed by atoms with Crippen LogP contribution in [0.1, 0.15) is 41.0 Å². The molecule has 4 heteroatoms. The van der Waals surface area contributed by atoms with Crippen molar-refractivity contribution >= 4 is 17.5 Å². The van der Waals surface area contributed by atoms with Gasteiger partial charge in [-0.3, -0.25) is 14.4 Å². The largest absolute Gasteiger partial charge is 0.332 e. The minimum absolute atomic E-state index is 0.0376. The Bertz CT molecular complexity index is 332. The summed E-state index contributed by atoms with van der Waals surface area (Å²) in [5.41, 5.74) is -0.418. The van der Waals surface area contributed by atoms with Crippen LogP contribution in [-0.4, -0.2) is 35.0 Å². The summed E-state index contributed by atoms with van der Waals surface area (Å²) in [4.78, 5) is 36.6. The van der Waals surface area contributed by atoms with E-state index in [0.717, 1.165) is 0 Å². The number of hydrogen-bond acceptors (Lipinski definition) is 3. The Hall–Kier alpha value is -1.19. The molecule has 1 amide bonds. The Morgan fingerprint density at radius 2 is 1.65 bits per heavy atom. The van der Waals surface area contributed by atoms with Crippen molar-refractivity contribution < 1.29 is 14.4 Å². The average Bonchev–Trinajstić information content (AvgIpc) is 2.59. The minimum Gasteiger partial charge on any atom is -0.332 e. The van der Waals surface area contributed by atoms with E-state index < -0.39 is 11.5 Å². The lowest BCUT2D eigenvalue weighted by atomic mass is 9.82. The standard InChI is InChI=1S/C13H21NO3/c1-8(15)11-6-10(7-14(11)9(2)16)12(17)13(3,4)5/h10-11H,6-7H2,1-5H3/t10?,11-/m0/s1. The maximum absolute atomic E-state index is 12.2. The first-order chi connectivity index (χ1) is 7.64. The fourth-order valence-electron chi connectivity index (χ4n) is 2.37. The normalized spacial score (nSPS) is 24.9. The molecule has 0 radical (unpaired) electrons. The molecule has 96 valence electrons. The number of carbonyl (C=O) groups is 3. The molecule has 0 spiro atoms. The van der Waals surface area contributed by atoms with E-state index in [1.54, 1.807) is 0 Å². The predicted octanol–water partition coefficient (Wildman–Crippen LogP) is 1.43. The number of carbonyl (C=O) groups excluding carboxylic acids is 3. The third-order valence-corrected chi connectivity index (χ3v) is 3.28. The Morgan fingerprint density at radius 3 is 1.94 bits per heavy atom. The van der Waals surface area contributed by atoms with E-state index in [1.165, 1.54) is 18.7 Å². The van der Waals surface area contributed by atoms with Gasteiger partial charge in [0.2, 0.25) is 5.91 Å². The van der Waals surface area contributed by atoms with Gasteiger partial charge < -0.3 is 4.90 Å². The molecule has 0 N–H and O–H groups in total. The number of Topliss-reactive ketones (excluding diaryl/α,β-unsaturated/α-hetero) is 2. The molecule has 1 aliphatic rings. The fraction of sp³-hybridized carbons (Fsp3) is 0.769. The molecule has 0 aromatic heterocycles. The molecular weight excluding hydrogens is 218 g/mol. The quantitative estimate of drug-likeness (QED) is 0.732. The number of likely N-dealkylation sites (tertiary alicyclic amines) is 1. The van der Waals surface area contributed by atoms with Crippen LogP contribution >= 0.6 is 0 Å². The fourth-order valence-corrected chi connectivity index (χ4v) is 2.37. The average molecular weight is 239 g/mol. The van der Waals surface area contributed by atoms with E-state index in [0.29, 0.717) is 13.0 Å². The van der Waals surface area contributed by atoms with Gasteiger partial charge in [-0.05, 0) is 13.3 Å². The van der Waals surface area contributed by atoms with Crippen LogP contribution in [0.3, 0.4) is 0 Å². The van der Waals surface area contributed by atoms with Crippen LogP contribution in [0.25, 0.3) is 0 Å². The molecule has 0 aromatic carbocycles. The Labute approximate surface area is 102 Å². The lowest BCUT2D eigenvalue weighted by Crippen LogP contribution is -2.38. The molecule has 1 saturated heterocycles. The summed E-state index contributed by atoms with van der Waals surface area (Å²) in [5, 5.41) is 0. The summed E-state index contributed by atoms with van der Waals surface area (Å²) in [5.74, 6) is -0.237. The van der Waals surface area contributed by atoms with Crippen molar-refractivity contribution in [3.8, 4) is 0 Å². The second-order valence-electron chi connectivity index (χ2n) is 5.84. The zero-order valence-electron chi connectivity index (χ0n) is 11.2. The van der Waals surface area contributed by atoms with E-state index in [1.807, 2.05) is 20.8 Å². The second kappa shape index (κ2) is 4.59. The van der Waals surface area contributed by atoms with Gasteiger partial charge in [0, 0.05) is 24.8 Å². The molecule has 4 nitrogen and oxygen atoms in total. The Morgan fingerprint density at radius 1 is 1.12 bits per heavy atom. The van der Waals surface area contributed by atoms with Crippen molar-refractivity contribution in [1.29, 1.82) is 0 Å². The Kier molecular flexibility index (Phi) is 3.74. The molecule has 17 heavy (non-hydrogen) atoms. The van der Waals surface area contributed by atoms with E-state index in [4.69, 9.17) is 0 Å². The number of amides is 1. The summed E-state index contributed by atoms with van der Waals surface area (Å²) in [6.45, 7) is 8.91. The van der Waals surface area contributed by atoms with Gasteiger partial charge in [-0.15, -0.1) is 0 Å². The van der Waals surface area contributed by atoms with Crippen LogP contribution < -0.4 is 0 Å². The first kappa shape index (κ1) is 13.9. The van der Waals surface area contributed by atoms with Crippen molar-refractivity contribution in [2.45, 2.75) is 47.1 Å². The molecule has 2 atom stereocenters. The summed E-state index contributed by atoms with van der Waals surface area (Å²) >= 11 is 0. The van der Waals surface area contributed by atoms with Crippen molar-refractivity contribution in [2.24, 2.45) is 11.3 Å². The lowest BCUT2D eigenvalue weighted by molar-refractivity contribution is -0.135. The SMILES string of the molecule is CC(=O)[C@@H]1CC(C(=O)C(C)(C)C)CN1C(C)=O. The molecule has 0 bridgehead atoms. The highest BCUT2D eigenvalue weighted by molar-refractivity contribution is 5.92. The van der Waals surface area contributed by atoms with Gasteiger partial charge in [-0.25, -0.2) is 0 Å². The molecule has 1 unspecified atom stereocenters. The maximum Gasteiger partial charge on any atom is 0.220 e. The highest BCUT2D eigenvalue weighted by atomic mass is 16.2. The molecule has 1 fully saturated rings. The number of hydrogen-bond donors (Lipinski definition) is 0. The molecular formula is C13H21NO3. The van der Waals surface area contributed by atoms with Crippen LogP contribution in [0.15, 0.2) is 0 Å².